The van der Waals surface area contributed by atoms with Gasteiger partial charge in [-0.25, -0.2) is 4.99 Å². The maximum Gasteiger partial charge on any atom is 0.305 e. The van der Waals surface area contributed by atoms with Gasteiger partial charge in [-0.15, -0.1) is 24.0 Å². The molecule has 0 atom stereocenters. The van der Waals surface area contributed by atoms with Gasteiger partial charge in [0.1, 0.15) is 0 Å². The van der Waals surface area contributed by atoms with E-state index in [4.69, 9.17) is 9.73 Å². The quantitative estimate of drug-likeness (QED) is 0.131. The molecule has 2 N–H and O–H groups in total. The van der Waals surface area contributed by atoms with Gasteiger partial charge in [-0.3, -0.25) is 9.48 Å². The molecule has 0 aliphatic rings. The number of esters is 1. The summed E-state index contributed by atoms with van der Waals surface area (Å²) >= 11 is 0. The van der Waals surface area contributed by atoms with Gasteiger partial charge < -0.3 is 15.4 Å². The van der Waals surface area contributed by atoms with Crippen LogP contribution in [0.4, 0.5) is 0 Å². The van der Waals surface area contributed by atoms with E-state index in [0.29, 0.717) is 19.6 Å². The predicted molar refractivity (Wildman–Crippen MR) is 136 cm³/mol. The first-order valence-electron chi connectivity index (χ1n) is 10.9. The van der Waals surface area contributed by atoms with Gasteiger partial charge in [0.25, 0.3) is 0 Å². The first kappa shape index (κ1) is 26.9. The van der Waals surface area contributed by atoms with E-state index in [-0.39, 0.29) is 29.9 Å². The fourth-order valence-corrected chi connectivity index (χ4v) is 3.13. The zero-order valence-corrected chi connectivity index (χ0v) is 21.0. The molecule has 0 saturated carbocycles. The fourth-order valence-electron chi connectivity index (χ4n) is 3.13. The SMILES string of the molecule is CCNC(=NCc1ccccc1Cn1cccn1)NCCCCCCC(=O)OCC.I. The third kappa shape index (κ3) is 11.2. The molecular formula is C23H36IN5O2. The number of benzene rings is 1. The second-order valence-electron chi connectivity index (χ2n) is 7.06. The van der Waals surface area contributed by atoms with Crippen LogP contribution in [-0.2, 0) is 22.6 Å². The molecule has 7 nitrogen and oxygen atoms in total. The number of rotatable bonds is 13. The zero-order valence-electron chi connectivity index (χ0n) is 18.7. The smallest absolute Gasteiger partial charge is 0.305 e. The summed E-state index contributed by atoms with van der Waals surface area (Å²) in [6.07, 6.45) is 8.34. The number of unbranched alkanes of at least 4 members (excludes halogenated alkanes) is 3. The normalized spacial score (nSPS) is 11.0. The number of ether oxygens (including phenoxy) is 1. The second-order valence-corrected chi connectivity index (χ2v) is 7.06. The molecule has 1 aromatic carbocycles. The van der Waals surface area contributed by atoms with Crippen LogP contribution in [0.5, 0.6) is 0 Å². The van der Waals surface area contributed by atoms with Crippen molar-refractivity contribution in [3.63, 3.8) is 0 Å². The van der Waals surface area contributed by atoms with E-state index in [9.17, 15) is 4.79 Å². The van der Waals surface area contributed by atoms with E-state index in [1.54, 1.807) is 6.20 Å². The first-order chi connectivity index (χ1) is 14.7. The predicted octanol–water partition coefficient (Wildman–Crippen LogP) is 4.12. The van der Waals surface area contributed by atoms with Gasteiger partial charge in [0, 0.05) is 31.9 Å². The minimum atomic E-state index is -0.0926. The van der Waals surface area contributed by atoms with E-state index in [1.807, 2.05) is 29.9 Å². The Morgan fingerprint density at radius 1 is 1.06 bits per heavy atom. The molecule has 2 aromatic rings. The maximum absolute atomic E-state index is 11.3. The molecule has 1 aromatic heterocycles. The topological polar surface area (TPSA) is 80.5 Å². The van der Waals surface area contributed by atoms with Crippen molar-refractivity contribution < 1.29 is 9.53 Å². The highest BCUT2D eigenvalue weighted by Gasteiger charge is 2.04. The van der Waals surface area contributed by atoms with Crippen LogP contribution in [0.25, 0.3) is 0 Å². The van der Waals surface area contributed by atoms with E-state index in [1.165, 1.54) is 11.1 Å². The molecular weight excluding hydrogens is 505 g/mol. The van der Waals surface area contributed by atoms with Gasteiger partial charge in [-0.2, -0.15) is 5.10 Å². The van der Waals surface area contributed by atoms with E-state index < -0.39 is 0 Å². The molecule has 0 aliphatic heterocycles. The van der Waals surface area contributed by atoms with Gasteiger partial charge in [-0.05, 0) is 43.9 Å². The van der Waals surface area contributed by atoms with Gasteiger partial charge in [0.05, 0.1) is 19.7 Å². The Morgan fingerprint density at radius 3 is 2.55 bits per heavy atom. The summed E-state index contributed by atoms with van der Waals surface area (Å²) in [6.45, 7) is 7.41. The lowest BCUT2D eigenvalue weighted by Crippen LogP contribution is -2.37. The largest absolute Gasteiger partial charge is 0.466 e. The fraction of sp³-hybridized carbons (Fsp3) is 0.522. The number of hydrogen-bond donors (Lipinski definition) is 2. The van der Waals surface area contributed by atoms with E-state index in [0.717, 1.165) is 51.3 Å². The van der Waals surface area contributed by atoms with Crippen molar-refractivity contribution in [3.8, 4) is 0 Å². The monoisotopic (exact) mass is 541 g/mol. The number of nitrogens with one attached hydrogen (secondary N) is 2. The summed E-state index contributed by atoms with van der Waals surface area (Å²) in [5, 5.41) is 11.0. The van der Waals surface area contributed by atoms with Crippen LogP contribution in [0.2, 0.25) is 0 Å². The summed E-state index contributed by atoms with van der Waals surface area (Å²) in [5.74, 6) is 0.739. The summed E-state index contributed by atoms with van der Waals surface area (Å²) in [4.78, 5) is 16.1. The van der Waals surface area contributed by atoms with Crippen LogP contribution in [-0.4, -0.2) is 41.4 Å². The summed E-state index contributed by atoms with van der Waals surface area (Å²) in [6, 6.07) is 10.3. The average Bonchev–Trinajstić information content (AvgIpc) is 3.25. The van der Waals surface area contributed by atoms with Gasteiger partial charge in [0.2, 0.25) is 0 Å². The van der Waals surface area contributed by atoms with Crippen LogP contribution >= 0.6 is 24.0 Å². The highest BCUT2D eigenvalue weighted by atomic mass is 127. The van der Waals surface area contributed by atoms with Crippen molar-refractivity contribution in [1.29, 1.82) is 0 Å². The second kappa shape index (κ2) is 16.6. The zero-order chi connectivity index (χ0) is 21.4. The number of nitrogens with zero attached hydrogens (tertiary/aromatic N) is 3. The standard InChI is InChI=1S/C23H35N5O2.HI/c1-3-24-23(25-15-10-6-5-7-14-22(29)30-4-2)26-18-20-12-8-9-13-21(20)19-28-17-11-16-27-28;/h8-9,11-13,16-17H,3-7,10,14-15,18-19H2,1-2H3,(H2,24,25,26);1H. The van der Waals surface area contributed by atoms with Crippen molar-refractivity contribution in [2.24, 2.45) is 4.99 Å². The Kier molecular flexibility index (Phi) is 14.4. The van der Waals surface area contributed by atoms with Gasteiger partial charge in [-0.1, -0.05) is 37.1 Å². The summed E-state index contributed by atoms with van der Waals surface area (Å²) in [7, 11) is 0. The molecule has 0 amide bonds. The Labute approximate surface area is 203 Å². The van der Waals surface area contributed by atoms with Crippen LogP contribution < -0.4 is 10.6 Å². The number of halogens is 1. The van der Waals surface area contributed by atoms with Crippen LogP contribution in [0, 0.1) is 0 Å². The van der Waals surface area contributed by atoms with Crippen LogP contribution in [0.3, 0.4) is 0 Å². The minimum Gasteiger partial charge on any atom is -0.466 e. The van der Waals surface area contributed by atoms with Crippen molar-refractivity contribution in [1.82, 2.24) is 20.4 Å². The molecule has 0 radical (unpaired) electrons. The molecule has 2 rings (SSSR count). The Balaban J connectivity index is 0.00000480. The number of aliphatic imine (C=N–C) groups is 1. The molecule has 0 unspecified atom stereocenters. The minimum absolute atomic E-state index is 0. The molecule has 0 bridgehead atoms. The number of carbonyl (C=O) groups is 1. The molecule has 31 heavy (non-hydrogen) atoms. The lowest BCUT2D eigenvalue weighted by Gasteiger charge is -2.12. The Morgan fingerprint density at radius 2 is 1.84 bits per heavy atom. The molecule has 1 heterocycles. The average molecular weight is 541 g/mol. The number of carbonyl (C=O) groups excluding carboxylic acids is 1. The van der Waals surface area contributed by atoms with E-state index >= 15 is 0 Å². The molecule has 172 valence electrons. The highest BCUT2D eigenvalue weighted by Crippen LogP contribution is 2.11. The number of guanidine groups is 1. The molecule has 0 fully saturated rings. The Bertz CT molecular complexity index is 765. The lowest BCUT2D eigenvalue weighted by atomic mass is 10.1. The first-order valence-corrected chi connectivity index (χ1v) is 10.9. The molecule has 8 heteroatoms. The maximum atomic E-state index is 11.3. The van der Waals surface area contributed by atoms with Gasteiger partial charge in [0.15, 0.2) is 5.96 Å². The summed E-state index contributed by atoms with van der Waals surface area (Å²) in [5.41, 5.74) is 2.42. The van der Waals surface area contributed by atoms with Crippen molar-refractivity contribution in [2.45, 2.75) is 59.0 Å². The lowest BCUT2D eigenvalue weighted by molar-refractivity contribution is -0.143. The summed E-state index contributed by atoms with van der Waals surface area (Å²) < 4.78 is 6.87. The molecule has 0 saturated heterocycles. The van der Waals surface area contributed by atoms with Crippen LogP contribution in [0.15, 0.2) is 47.7 Å². The number of hydrogen-bond acceptors (Lipinski definition) is 4. The van der Waals surface area contributed by atoms with Crippen molar-refractivity contribution >= 4 is 35.9 Å². The Hall–Kier alpha value is -2.10. The van der Waals surface area contributed by atoms with E-state index in [2.05, 4.69) is 40.9 Å². The molecule has 0 aliphatic carbocycles. The third-order valence-corrected chi connectivity index (χ3v) is 4.67. The third-order valence-electron chi connectivity index (χ3n) is 4.67. The van der Waals surface area contributed by atoms with Crippen molar-refractivity contribution in [3.05, 3.63) is 53.9 Å². The highest BCUT2D eigenvalue weighted by molar-refractivity contribution is 14.0. The van der Waals surface area contributed by atoms with Crippen LogP contribution in [0.1, 0.15) is 57.1 Å². The van der Waals surface area contributed by atoms with Crippen molar-refractivity contribution in [2.75, 3.05) is 19.7 Å². The number of aromatic nitrogens is 2. The molecule has 0 spiro atoms. The van der Waals surface area contributed by atoms with Gasteiger partial charge >= 0.3 is 5.97 Å².